The third-order valence-corrected chi connectivity index (χ3v) is 5.91. The molecule has 0 radical (unpaired) electrons. The fourth-order valence-corrected chi connectivity index (χ4v) is 4.60. The zero-order chi connectivity index (χ0) is 14.8. The Labute approximate surface area is 119 Å². The monoisotopic (exact) mass is 297 g/mol. The van der Waals surface area contributed by atoms with E-state index < -0.39 is 21.1 Å². The number of esters is 1. The van der Waals surface area contributed by atoms with Crippen LogP contribution in [-0.4, -0.2) is 39.5 Å². The van der Waals surface area contributed by atoms with E-state index >= 15 is 0 Å². The van der Waals surface area contributed by atoms with Gasteiger partial charge in [0.2, 0.25) is 0 Å². The number of hydrogen-bond donors (Lipinski definition) is 1. The molecule has 1 aliphatic carbocycles. The van der Waals surface area contributed by atoms with Crippen molar-refractivity contribution in [2.24, 2.45) is 0 Å². The van der Waals surface area contributed by atoms with Gasteiger partial charge in [0.1, 0.15) is 0 Å². The first-order valence-corrected chi connectivity index (χ1v) is 8.24. The van der Waals surface area contributed by atoms with Crippen LogP contribution in [0.25, 0.3) is 0 Å². The predicted octanol–water partition coefficient (Wildman–Crippen LogP) is 0.850. The molecule has 1 aromatic carbocycles. The zero-order valence-electron chi connectivity index (χ0n) is 11.6. The molecule has 1 aliphatic rings. The number of methoxy groups -OCH3 is 1. The summed E-state index contributed by atoms with van der Waals surface area (Å²) in [5, 5.41) is 2.56. The second-order valence-corrected chi connectivity index (χ2v) is 7.24. The molecule has 0 saturated heterocycles. The Bertz CT molecular complexity index is 597. The first kappa shape index (κ1) is 15.0. The quantitative estimate of drug-likeness (QED) is 0.816. The fourth-order valence-electron chi connectivity index (χ4n) is 2.71. The van der Waals surface area contributed by atoms with Crippen LogP contribution in [0, 0.1) is 0 Å². The summed E-state index contributed by atoms with van der Waals surface area (Å²) in [4.78, 5) is 11.1. The molecule has 0 spiro atoms. The molecule has 6 heteroatoms. The van der Waals surface area contributed by atoms with Gasteiger partial charge in [-0.3, -0.25) is 4.79 Å². The lowest BCUT2D eigenvalue weighted by Gasteiger charge is -2.20. The Morgan fingerprint density at radius 3 is 2.75 bits per heavy atom. The number of carbonyl (C=O) groups excluding carboxylic acids is 1. The molecule has 2 unspecified atom stereocenters. The maximum atomic E-state index is 12.4. The van der Waals surface area contributed by atoms with Crippen molar-refractivity contribution < 1.29 is 17.9 Å². The number of sulfone groups is 1. The average Bonchev–Trinajstić information content (AvgIpc) is 2.84. The van der Waals surface area contributed by atoms with Gasteiger partial charge in [0.15, 0.2) is 9.84 Å². The van der Waals surface area contributed by atoms with E-state index in [0.29, 0.717) is 6.42 Å². The van der Waals surface area contributed by atoms with Gasteiger partial charge in [0, 0.05) is 6.04 Å². The second kappa shape index (κ2) is 5.93. The first-order chi connectivity index (χ1) is 9.49. The number of ether oxygens (including phenoxy) is 1. The van der Waals surface area contributed by atoms with Crippen LogP contribution in [0.4, 0.5) is 0 Å². The van der Waals surface area contributed by atoms with Gasteiger partial charge < -0.3 is 10.1 Å². The largest absolute Gasteiger partial charge is 0.469 e. The summed E-state index contributed by atoms with van der Waals surface area (Å²) in [5.41, 5.74) is 2.08. The van der Waals surface area contributed by atoms with E-state index in [2.05, 4.69) is 10.1 Å². The highest BCUT2D eigenvalue weighted by molar-refractivity contribution is 7.92. The molecule has 2 atom stereocenters. The van der Waals surface area contributed by atoms with Gasteiger partial charge in [-0.15, -0.1) is 0 Å². The minimum absolute atomic E-state index is 0.0951. The lowest BCUT2D eigenvalue weighted by Crippen LogP contribution is -2.35. The lowest BCUT2D eigenvalue weighted by atomic mass is 10.1. The molecular formula is C14H19NO4S. The molecule has 1 aromatic rings. The van der Waals surface area contributed by atoms with Crippen molar-refractivity contribution in [2.45, 2.75) is 24.1 Å². The third kappa shape index (κ3) is 2.86. The molecule has 110 valence electrons. The summed E-state index contributed by atoms with van der Waals surface area (Å²) in [7, 11) is -0.337. The van der Waals surface area contributed by atoms with Gasteiger partial charge in [-0.1, -0.05) is 24.3 Å². The van der Waals surface area contributed by atoms with Crippen LogP contribution in [0.2, 0.25) is 0 Å². The van der Waals surface area contributed by atoms with Crippen molar-refractivity contribution in [2.75, 3.05) is 19.9 Å². The van der Waals surface area contributed by atoms with Crippen LogP contribution in [-0.2, 0) is 25.8 Å². The highest BCUT2D eigenvalue weighted by atomic mass is 32.2. The molecular weight excluding hydrogens is 278 g/mol. The smallest absolute Gasteiger partial charge is 0.306 e. The topological polar surface area (TPSA) is 72.5 Å². The average molecular weight is 297 g/mol. The van der Waals surface area contributed by atoms with Crippen LogP contribution >= 0.6 is 0 Å². The number of benzene rings is 1. The molecule has 5 nitrogen and oxygen atoms in total. The molecule has 1 N–H and O–H groups in total. The number of nitrogens with one attached hydrogen (secondary N) is 1. The highest BCUT2D eigenvalue weighted by Crippen LogP contribution is 2.35. The third-order valence-electron chi connectivity index (χ3n) is 3.77. The minimum atomic E-state index is -3.36. The van der Waals surface area contributed by atoms with Crippen molar-refractivity contribution in [3.05, 3.63) is 35.4 Å². The van der Waals surface area contributed by atoms with E-state index in [0.717, 1.165) is 11.1 Å². The van der Waals surface area contributed by atoms with Crippen LogP contribution in [0.3, 0.4) is 0 Å². The Kier molecular flexibility index (Phi) is 4.45. The molecule has 0 saturated carbocycles. The lowest BCUT2D eigenvalue weighted by molar-refractivity contribution is -0.140. The van der Waals surface area contributed by atoms with Crippen LogP contribution in [0.5, 0.6) is 0 Å². The van der Waals surface area contributed by atoms with Gasteiger partial charge >= 0.3 is 5.97 Å². The molecule has 0 amide bonds. The van der Waals surface area contributed by atoms with Crippen molar-refractivity contribution in [3.63, 3.8) is 0 Å². The van der Waals surface area contributed by atoms with Gasteiger partial charge in [0.25, 0.3) is 0 Å². The van der Waals surface area contributed by atoms with Gasteiger partial charge in [-0.05, 0) is 24.6 Å². The van der Waals surface area contributed by atoms with E-state index in [9.17, 15) is 13.2 Å². The normalized spacial score (nSPS) is 21.5. The summed E-state index contributed by atoms with van der Waals surface area (Å²) in [6.07, 6.45) is 0.396. The molecule has 2 rings (SSSR count). The summed E-state index contributed by atoms with van der Waals surface area (Å²) in [6, 6.07) is 7.51. The summed E-state index contributed by atoms with van der Waals surface area (Å²) in [5.74, 6) is -0.665. The van der Waals surface area contributed by atoms with Crippen LogP contribution < -0.4 is 5.32 Å². The van der Waals surface area contributed by atoms with E-state index in [1.807, 2.05) is 24.3 Å². The summed E-state index contributed by atoms with van der Waals surface area (Å²) >= 11 is 0. The molecule has 0 bridgehead atoms. The highest BCUT2D eigenvalue weighted by Gasteiger charge is 2.39. The van der Waals surface area contributed by atoms with Crippen molar-refractivity contribution in [3.8, 4) is 0 Å². The summed E-state index contributed by atoms with van der Waals surface area (Å²) in [6.45, 7) is 0. The standard InChI is InChI=1S/C14H19NO4S/c1-15-14-11-6-4-3-5-10(11)9-12(14)20(17,18)8-7-13(16)19-2/h3-6,12,14-15H,7-9H2,1-2H3. The molecule has 0 aliphatic heterocycles. The van der Waals surface area contributed by atoms with Crippen LogP contribution in [0.15, 0.2) is 24.3 Å². The fraction of sp³-hybridized carbons (Fsp3) is 0.500. The Morgan fingerprint density at radius 2 is 2.10 bits per heavy atom. The minimum Gasteiger partial charge on any atom is -0.469 e. The van der Waals surface area contributed by atoms with Crippen molar-refractivity contribution in [1.29, 1.82) is 0 Å². The first-order valence-electron chi connectivity index (χ1n) is 6.53. The van der Waals surface area contributed by atoms with Crippen molar-refractivity contribution >= 4 is 15.8 Å². The van der Waals surface area contributed by atoms with E-state index in [4.69, 9.17) is 0 Å². The SMILES string of the molecule is CNC1c2ccccc2CC1S(=O)(=O)CCC(=O)OC. The molecule has 0 aromatic heterocycles. The summed E-state index contributed by atoms with van der Waals surface area (Å²) < 4.78 is 29.4. The van der Waals surface area contributed by atoms with Crippen molar-refractivity contribution in [1.82, 2.24) is 5.32 Å². The van der Waals surface area contributed by atoms with E-state index in [1.54, 1.807) is 7.05 Å². The van der Waals surface area contributed by atoms with E-state index in [-0.39, 0.29) is 18.2 Å². The zero-order valence-corrected chi connectivity index (χ0v) is 12.4. The second-order valence-electron chi connectivity index (χ2n) is 4.90. The molecule has 0 heterocycles. The molecule has 0 fully saturated rings. The van der Waals surface area contributed by atoms with Gasteiger partial charge in [0.05, 0.1) is 24.5 Å². The Hall–Kier alpha value is -1.40. The van der Waals surface area contributed by atoms with Gasteiger partial charge in [-0.25, -0.2) is 8.42 Å². The molecule has 20 heavy (non-hydrogen) atoms. The maximum absolute atomic E-state index is 12.4. The van der Waals surface area contributed by atoms with Gasteiger partial charge in [-0.2, -0.15) is 0 Å². The van der Waals surface area contributed by atoms with E-state index in [1.165, 1.54) is 7.11 Å². The number of carbonyl (C=O) groups is 1. The maximum Gasteiger partial charge on any atom is 0.306 e. The van der Waals surface area contributed by atoms with Crippen LogP contribution in [0.1, 0.15) is 23.6 Å². The number of fused-ring (bicyclic) bond motifs is 1. The number of rotatable bonds is 5. The Balaban J connectivity index is 2.19. The Morgan fingerprint density at radius 1 is 1.40 bits per heavy atom. The number of hydrogen-bond acceptors (Lipinski definition) is 5. The predicted molar refractivity (Wildman–Crippen MR) is 76.2 cm³/mol.